The third-order valence-corrected chi connectivity index (χ3v) is 12.0. The van der Waals surface area contributed by atoms with E-state index >= 15 is 0 Å². The Morgan fingerprint density at radius 1 is 1.15 bits per heavy atom. The summed E-state index contributed by atoms with van der Waals surface area (Å²) in [5.41, 5.74) is 3.58. The van der Waals surface area contributed by atoms with Crippen molar-refractivity contribution in [2.45, 2.75) is 44.3 Å². The van der Waals surface area contributed by atoms with Gasteiger partial charge in [-0.15, -0.1) is 0 Å². The zero-order chi connectivity index (χ0) is 14.4. The summed E-state index contributed by atoms with van der Waals surface area (Å²) in [4.78, 5) is 0. The Kier molecular flexibility index (Phi) is 3.13. The molecule has 1 aromatic carbocycles. The molecule has 0 nitrogen and oxygen atoms in total. The van der Waals surface area contributed by atoms with Gasteiger partial charge in [0.05, 0.1) is 8.07 Å². The molecule has 0 heterocycles. The first kappa shape index (κ1) is 13.6. The molecule has 2 unspecified atom stereocenters. The molecule has 0 radical (unpaired) electrons. The van der Waals surface area contributed by atoms with Crippen molar-refractivity contribution in [3.05, 3.63) is 64.9 Å². The van der Waals surface area contributed by atoms with E-state index in [2.05, 4.69) is 82.0 Å². The number of hydrogen-bond acceptors (Lipinski definition) is 0. The number of allylic oxidation sites excluding steroid dienone is 5. The third kappa shape index (κ3) is 1.88. The van der Waals surface area contributed by atoms with Gasteiger partial charge >= 0.3 is 0 Å². The zero-order valence-corrected chi connectivity index (χ0v) is 14.0. The molecule has 0 spiro atoms. The van der Waals surface area contributed by atoms with Crippen molar-refractivity contribution in [3.63, 3.8) is 0 Å². The van der Waals surface area contributed by atoms with Crippen LogP contribution in [0.4, 0.5) is 0 Å². The predicted molar refractivity (Wildman–Crippen MR) is 91.4 cm³/mol. The van der Waals surface area contributed by atoms with Crippen molar-refractivity contribution in [1.29, 1.82) is 0 Å². The summed E-state index contributed by atoms with van der Waals surface area (Å²) in [7, 11) is -1.62. The summed E-state index contributed by atoms with van der Waals surface area (Å²) in [6.45, 7) is 9.90. The molecule has 0 fully saturated rings. The standard InChI is InChI=1S/C19H24Si/c1-19(2,3)20(4,16-10-6-7-11-16)18-14-13-15-9-5-8-12-17(15)18/h5-10,12-14,18H,11H2,1-4H3. The number of hydrogen-bond donors (Lipinski definition) is 0. The zero-order valence-electron chi connectivity index (χ0n) is 13.0. The van der Waals surface area contributed by atoms with Crippen LogP contribution in [0.1, 0.15) is 43.9 Å². The van der Waals surface area contributed by atoms with Crippen molar-refractivity contribution in [1.82, 2.24) is 0 Å². The van der Waals surface area contributed by atoms with E-state index < -0.39 is 8.07 Å². The monoisotopic (exact) mass is 280 g/mol. The quantitative estimate of drug-likeness (QED) is 0.615. The first-order chi connectivity index (χ1) is 9.44. The van der Waals surface area contributed by atoms with Crippen LogP contribution in [0.15, 0.2) is 53.8 Å². The lowest BCUT2D eigenvalue weighted by Gasteiger charge is -2.46. The molecular formula is C19H24Si. The highest BCUT2D eigenvalue weighted by Gasteiger charge is 2.49. The Labute approximate surface area is 123 Å². The minimum Gasteiger partial charge on any atom is -0.0809 e. The van der Waals surface area contributed by atoms with E-state index in [1.807, 2.05) is 0 Å². The van der Waals surface area contributed by atoms with Gasteiger partial charge in [0.1, 0.15) is 0 Å². The Bertz CT molecular complexity index is 613. The van der Waals surface area contributed by atoms with Gasteiger partial charge in [-0.1, -0.05) is 87.2 Å². The van der Waals surface area contributed by atoms with Crippen LogP contribution in [-0.4, -0.2) is 8.07 Å². The second kappa shape index (κ2) is 4.59. The van der Waals surface area contributed by atoms with Crippen molar-refractivity contribution >= 4 is 14.1 Å². The Balaban J connectivity index is 2.11. The topological polar surface area (TPSA) is 0 Å². The summed E-state index contributed by atoms with van der Waals surface area (Å²) in [5, 5.41) is 2.06. The second-order valence-corrected chi connectivity index (χ2v) is 12.4. The highest BCUT2D eigenvalue weighted by Crippen LogP contribution is 2.53. The molecule has 104 valence electrons. The summed E-state index contributed by atoms with van der Waals surface area (Å²) in [5.74, 6) is 0. The summed E-state index contributed by atoms with van der Waals surface area (Å²) in [6, 6.07) is 8.93. The van der Waals surface area contributed by atoms with Crippen molar-refractivity contribution in [2.24, 2.45) is 0 Å². The van der Waals surface area contributed by atoms with Crippen molar-refractivity contribution < 1.29 is 0 Å². The minimum atomic E-state index is -1.62. The fourth-order valence-electron chi connectivity index (χ4n) is 3.73. The Hall–Kier alpha value is -1.34. The summed E-state index contributed by atoms with van der Waals surface area (Å²) >= 11 is 0. The van der Waals surface area contributed by atoms with Gasteiger partial charge in [0.2, 0.25) is 0 Å². The van der Waals surface area contributed by atoms with E-state index in [0.29, 0.717) is 10.6 Å². The van der Waals surface area contributed by atoms with Gasteiger partial charge < -0.3 is 0 Å². The normalized spacial score (nSPS) is 23.6. The average molecular weight is 280 g/mol. The van der Waals surface area contributed by atoms with E-state index in [0.717, 1.165) is 6.42 Å². The highest BCUT2D eigenvalue weighted by molar-refractivity contribution is 6.89. The first-order valence-corrected chi connectivity index (χ1v) is 10.2. The molecule has 20 heavy (non-hydrogen) atoms. The largest absolute Gasteiger partial charge is 0.0954 e. The third-order valence-electron chi connectivity index (χ3n) is 5.42. The van der Waals surface area contributed by atoms with E-state index in [9.17, 15) is 0 Å². The molecule has 1 heteroatoms. The lowest BCUT2D eigenvalue weighted by molar-refractivity contribution is 0.705. The summed E-state index contributed by atoms with van der Waals surface area (Å²) in [6.07, 6.45) is 12.9. The van der Waals surface area contributed by atoms with Crippen LogP contribution in [0.3, 0.4) is 0 Å². The van der Waals surface area contributed by atoms with Gasteiger partial charge in [-0.05, 0) is 22.6 Å². The maximum Gasteiger partial charge on any atom is 0.0954 e. The molecule has 0 bridgehead atoms. The maximum atomic E-state index is 2.59. The van der Waals surface area contributed by atoms with Gasteiger partial charge in [-0.3, -0.25) is 0 Å². The lowest BCUT2D eigenvalue weighted by atomic mass is 10.1. The van der Waals surface area contributed by atoms with Crippen molar-refractivity contribution in [2.75, 3.05) is 0 Å². The van der Waals surface area contributed by atoms with E-state index in [-0.39, 0.29) is 0 Å². The van der Waals surface area contributed by atoms with Crippen LogP contribution in [-0.2, 0) is 0 Å². The fraction of sp³-hybridized carbons (Fsp3) is 0.368. The molecule has 2 aliphatic carbocycles. The smallest absolute Gasteiger partial charge is 0.0809 e. The van der Waals surface area contributed by atoms with Crippen LogP contribution in [0.5, 0.6) is 0 Å². The molecule has 0 saturated carbocycles. The molecule has 3 rings (SSSR count). The van der Waals surface area contributed by atoms with Crippen LogP contribution in [0.2, 0.25) is 11.6 Å². The Morgan fingerprint density at radius 3 is 2.55 bits per heavy atom. The number of benzene rings is 1. The minimum absolute atomic E-state index is 0.358. The van der Waals surface area contributed by atoms with Gasteiger partial charge in [0.15, 0.2) is 0 Å². The maximum absolute atomic E-state index is 2.59. The fourth-order valence-corrected chi connectivity index (χ4v) is 8.38. The van der Waals surface area contributed by atoms with Crippen LogP contribution in [0, 0.1) is 0 Å². The molecule has 0 aliphatic heterocycles. The molecule has 2 atom stereocenters. The van der Waals surface area contributed by atoms with Gasteiger partial charge in [-0.25, -0.2) is 0 Å². The SMILES string of the molecule is CC(C)(C)[Si](C)(C1=CC=CC1)C1C=Cc2ccccc21. The summed E-state index contributed by atoms with van der Waals surface area (Å²) < 4.78 is 0. The average Bonchev–Trinajstić information content (AvgIpc) is 3.06. The number of fused-ring (bicyclic) bond motifs is 1. The molecular weight excluding hydrogens is 256 g/mol. The Morgan fingerprint density at radius 2 is 1.90 bits per heavy atom. The molecule has 2 aliphatic rings. The van der Waals surface area contributed by atoms with Gasteiger partial charge in [0, 0.05) is 5.54 Å². The van der Waals surface area contributed by atoms with Crippen LogP contribution < -0.4 is 0 Å². The van der Waals surface area contributed by atoms with Gasteiger partial charge in [-0.2, -0.15) is 0 Å². The van der Waals surface area contributed by atoms with E-state index in [4.69, 9.17) is 0 Å². The van der Waals surface area contributed by atoms with Crippen LogP contribution in [0.25, 0.3) is 6.08 Å². The predicted octanol–water partition coefficient (Wildman–Crippen LogP) is 5.64. The molecule has 0 amide bonds. The lowest BCUT2D eigenvalue weighted by Crippen LogP contribution is -2.48. The molecule has 1 aromatic rings. The van der Waals surface area contributed by atoms with Crippen LogP contribution >= 0.6 is 0 Å². The van der Waals surface area contributed by atoms with E-state index in [1.165, 1.54) is 5.56 Å². The molecule has 0 aromatic heterocycles. The molecule has 0 saturated heterocycles. The van der Waals surface area contributed by atoms with Gasteiger partial charge in [0.25, 0.3) is 0 Å². The van der Waals surface area contributed by atoms with Crippen molar-refractivity contribution in [3.8, 4) is 0 Å². The highest BCUT2D eigenvalue weighted by atomic mass is 28.3. The number of rotatable bonds is 2. The first-order valence-electron chi connectivity index (χ1n) is 7.58. The van der Waals surface area contributed by atoms with E-state index in [1.54, 1.807) is 10.8 Å². The molecule has 0 N–H and O–H groups in total. The second-order valence-electron chi connectivity index (χ2n) is 7.24.